The average Bonchev–Trinajstić information content (AvgIpc) is 2.97. The van der Waals surface area contributed by atoms with E-state index in [2.05, 4.69) is 15.3 Å². The minimum Gasteiger partial charge on any atom is -0.283 e. The largest absolute Gasteiger partial charge is 0.333 e. The van der Waals surface area contributed by atoms with Crippen molar-refractivity contribution in [3.8, 4) is 0 Å². The Hall–Kier alpha value is -1.69. The third-order valence-electron chi connectivity index (χ3n) is 2.80. The van der Waals surface area contributed by atoms with Crippen LogP contribution in [-0.2, 0) is 12.8 Å². The fraction of sp³-hybridized carbons (Fsp3) is 0.364. The van der Waals surface area contributed by atoms with Gasteiger partial charge in [0.2, 0.25) is 0 Å². The zero-order valence-corrected chi connectivity index (χ0v) is 10.0. The SMILES string of the molecule is O=C(Nc1nc2c(s1)CCCC2)n1ccnc1. The number of hydrogen-bond donors (Lipinski definition) is 1. The van der Waals surface area contributed by atoms with Crippen LogP contribution < -0.4 is 5.32 Å². The molecule has 0 unspecified atom stereocenters. The molecular formula is C11H12N4OS. The van der Waals surface area contributed by atoms with Crippen LogP contribution in [0.15, 0.2) is 18.7 Å². The molecule has 0 spiro atoms. The number of hydrogen-bond acceptors (Lipinski definition) is 4. The van der Waals surface area contributed by atoms with Crippen LogP contribution in [0.2, 0.25) is 0 Å². The molecule has 5 nitrogen and oxygen atoms in total. The van der Waals surface area contributed by atoms with Gasteiger partial charge in [-0.25, -0.2) is 14.8 Å². The molecule has 2 heterocycles. The van der Waals surface area contributed by atoms with Crippen molar-refractivity contribution in [1.29, 1.82) is 0 Å². The smallest absolute Gasteiger partial charge is 0.283 e. The molecule has 2 aromatic rings. The highest BCUT2D eigenvalue weighted by Crippen LogP contribution is 2.29. The number of thiazole rings is 1. The van der Waals surface area contributed by atoms with Crippen molar-refractivity contribution in [1.82, 2.24) is 14.5 Å². The van der Waals surface area contributed by atoms with Gasteiger partial charge in [0.05, 0.1) is 5.69 Å². The highest BCUT2D eigenvalue weighted by Gasteiger charge is 2.16. The van der Waals surface area contributed by atoms with Crippen LogP contribution in [0.25, 0.3) is 0 Å². The van der Waals surface area contributed by atoms with Gasteiger partial charge in [-0.05, 0) is 25.7 Å². The number of amides is 1. The van der Waals surface area contributed by atoms with Crippen molar-refractivity contribution in [3.63, 3.8) is 0 Å². The molecule has 0 bridgehead atoms. The Labute approximate surface area is 103 Å². The molecule has 1 aliphatic rings. The Balaban J connectivity index is 1.77. The molecule has 88 valence electrons. The van der Waals surface area contributed by atoms with Crippen LogP contribution >= 0.6 is 11.3 Å². The normalized spacial score (nSPS) is 14.4. The number of nitrogens with zero attached hydrogens (tertiary/aromatic N) is 3. The van der Waals surface area contributed by atoms with Crippen LogP contribution in [0.5, 0.6) is 0 Å². The summed E-state index contributed by atoms with van der Waals surface area (Å²) in [5.41, 5.74) is 1.15. The molecule has 0 saturated heterocycles. The summed E-state index contributed by atoms with van der Waals surface area (Å²) in [6, 6.07) is -0.214. The van der Waals surface area contributed by atoms with E-state index in [-0.39, 0.29) is 6.03 Å². The number of aryl methyl sites for hydroxylation is 2. The Bertz CT molecular complexity index is 508. The first-order chi connectivity index (χ1) is 8.33. The van der Waals surface area contributed by atoms with E-state index in [0.29, 0.717) is 5.13 Å². The fourth-order valence-corrected chi connectivity index (χ4v) is 2.98. The lowest BCUT2D eigenvalue weighted by molar-refractivity contribution is 0.253. The highest BCUT2D eigenvalue weighted by molar-refractivity contribution is 7.15. The van der Waals surface area contributed by atoms with E-state index in [1.165, 1.54) is 28.6 Å². The number of carbonyl (C=O) groups is 1. The van der Waals surface area contributed by atoms with Crippen molar-refractivity contribution in [2.24, 2.45) is 0 Å². The van der Waals surface area contributed by atoms with E-state index in [1.54, 1.807) is 23.7 Å². The lowest BCUT2D eigenvalue weighted by Crippen LogP contribution is -2.17. The van der Waals surface area contributed by atoms with Crippen LogP contribution in [0.3, 0.4) is 0 Å². The van der Waals surface area contributed by atoms with Gasteiger partial charge in [0.15, 0.2) is 5.13 Å². The molecule has 17 heavy (non-hydrogen) atoms. The monoisotopic (exact) mass is 248 g/mol. The molecule has 1 N–H and O–H groups in total. The van der Waals surface area contributed by atoms with Crippen LogP contribution in [0, 0.1) is 0 Å². The lowest BCUT2D eigenvalue weighted by Gasteiger charge is -2.06. The van der Waals surface area contributed by atoms with E-state index >= 15 is 0 Å². The minimum absolute atomic E-state index is 0.214. The summed E-state index contributed by atoms with van der Waals surface area (Å²) in [5, 5.41) is 3.48. The van der Waals surface area contributed by atoms with Crippen molar-refractivity contribution in [2.75, 3.05) is 5.32 Å². The van der Waals surface area contributed by atoms with E-state index in [1.807, 2.05) is 0 Å². The van der Waals surface area contributed by atoms with Gasteiger partial charge in [0.1, 0.15) is 6.33 Å². The Morgan fingerprint density at radius 3 is 3.06 bits per heavy atom. The van der Waals surface area contributed by atoms with Crippen LogP contribution in [0.4, 0.5) is 9.93 Å². The summed E-state index contributed by atoms with van der Waals surface area (Å²) in [7, 11) is 0. The molecular weight excluding hydrogens is 236 g/mol. The van der Waals surface area contributed by atoms with Gasteiger partial charge in [0.25, 0.3) is 0 Å². The Morgan fingerprint density at radius 2 is 2.29 bits per heavy atom. The van der Waals surface area contributed by atoms with Crippen molar-refractivity contribution in [3.05, 3.63) is 29.3 Å². The molecule has 2 aromatic heterocycles. The number of nitrogens with one attached hydrogen (secondary N) is 1. The number of carbonyl (C=O) groups excluding carboxylic acids is 1. The molecule has 0 atom stereocenters. The summed E-state index contributed by atoms with van der Waals surface area (Å²) in [4.78, 5) is 21.4. The highest BCUT2D eigenvalue weighted by atomic mass is 32.1. The van der Waals surface area contributed by atoms with Crippen LogP contribution in [-0.4, -0.2) is 20.6 Å². The van der Waals surface area contributed by atoms with E-state index in [9.17, 15) is 4.79 Å². The second kappa shape index (κ2) is 4.29. The van der Waals surface area contributed by atoms with E-state index in [4.69, 9.17) is 0 Å². The molecule has 1 amide bonds. The zero-order valence-electron chi connectivity index (χ0n) is 9.22. The summed E-state index contributed by atoms with van der Waals surface area (Å²) in [6.07, 6.45) is 9.22. The molecule has 0 radical (unpaired) electrons. The topological polar surface area (TPSA) is 59.8 Å². The average molecular weight is 248 g/mol. The van der Waals surface area contributed by atoms with Gasteiger partial charge in [-0.2, -0.15) is 0 Å². The third kappa shape index (κ3) is 2.08. The predicted octanol–water partition coefficient (Wildman–Crippen LogP) is 2.30. The number of fused-ring (bicyclic) bond motifs is 1. The Kier molecular flexibility index (Phi) is 2.64. The number of aromatic nitrogens is 3. The number of anilines is 1. The summed E-state index contributed by atoms with van der Waals surface area (Å²) < 4.78 is 1.40. The second-order valence-corrected chi connectivity index (χ2v) is 5.08. The predicted molar refractivity (Wildman–Crippen MR) is 65.4 cm³/mol. The Morgan fingerprint density at radius 1 is 1.41 bits per heavy atom. The number of rotatable bonds is 1. The van der Waals surface area contributed by atoms with Gasteiger partial charge in [-0.3, -0.25) is 9.88 Å². The molecule has 0 aliphatic heterocycles. The maximum Gasteiger partial charge on any atom is 0.333 e. The first kappa shape index (κ1) is 10.5. The van der Waals surface area contributed by atoms with Gasteiger partial charge >= 0.3 is 6.03 Å². The number of imidazole rings is 1. The van der Waals surface area contributed by atoms with Gasteiger partial charge in [-0.15, -0.1) is 11.3 Å². The fourth-order valence-electron chi connectivity index (χ4n) is 1.94. The van der Waals surface area contributed by atoms with Gasteiger partial charge < -0.3 is 0 Å². The first-order valence-corrected chi connectivity index (χ1v) is 6.42. The quantitative estimate of drug-likeness (QED) is 0.842. The summed E-state index contributed by atoms with van der Waals surface area (Å²) >= 11 is 1.58. The third-order valence-corrected chi connectivity index (χ3v) is 3.87. The maximum absolute atomic E-state index is 11.8. The molecule has 0 aromatic carbocycles. The van der Waals surface area contributed by atoms with Crippen LogP contribution in [0.1, 0.15) is 23.4 Å². The van der Waals surface area contributed by atoms with Crippen molar-refractivity contribution in [2.45, 2.75) is 25.7 Å². The lowest BCUT2D eigenvalue weighted by atomic mass is 10.0. The van der Waals surface area contributed by atoms with Crippen molar-refractivity contribution >= 4 is 22.5 Å². The molecule has 0 fully saturated rings. The molecule has 0 saturated carbocycles. The molecule has 6 heteroatoms. The molecule has 3 rings (SSSR count). The maximum atomic E-state index is 11.8. The molecule has 1 aliphatic carbocycles. The van der Waals surface area contributed by atoms with E-state index < -0.39 is 0 Å². The second-order valence-electron chi connectivity index (χ2n) is 4.00. The first-order valence-electron chi connectivity index (χ1n) is 5.61. The van der Waals surface area contributed by atoms with Crippen molar-refractivity contribution < 1.29 is 4.79 Å². The zero-order chi connectivity index (χ0) is 11.7. The van der Waals surface area contributed by atoms with E-state index in [0.717, 1.165) is 18.5 Å². The standard InChI is InChI=1S/C11H12N4OS/c16-11(15-6-5-12-7-15)14-10-13-8-3-1-2-4-9(8)17-10/h5-7H,1-4H2,(H,13,14,16). The summed E-state index contributed by atoms with van der Waals surface area (Å²) in [6.45, 7) is 0. The van der Waals surface area contributed by atoms with Gasteiger partial charge in [0, 0.05) is 17.3 Å². The summed E-state index contributed by atoms with van der Waals surface area (Å²) in [5.74, 6) is 0. The van der Waals surface area contributed by atoms with Gasteiger partial charge in [-0.1, -0.05) is 0 Å². The minimum atomic E-state index is -0.214.